The number of fused-ring (bicyclic) bond motifs is 1. The van der Waals surface area contributed by atoms with Crippen LogP contribution in [0, 0.1) is 6.92 Å². The normalized spacial score (nSPS) is 11.2. The van der Waals surface area contributed by atoms with E-state index in [9.17, 15) is 4.79 Å². The lowest BCUT2D eigenvalue weighted by Crippen LogP contribution is -2.33. The van der Waals surface area contributed by atoms with Gasteiger partial charge in [0.2, 0.25) is 5.91 Å². The fourth-order valence-corrected chi connectivity index (χ4v) is 2.58. The second-order valence-electron chi connectivity index (χ2n) is 5.06. The second kappa shape index (κ2) is 6.09. The molecule has 2 aromatic rings. The Hall–Kier alpha value is -1.81. The van der Waals surface area contributed by atoms with Crippen LogP contribution in [0.5, 0.6) is 0 Å². The minimum atomic E-state index is 0.0442. The van der Waals surface area contributed by atoms with Crippen molar-refractivity contribution >= 4 is 22.6 Å². The van der Waals surface area contributed by atoms with Crippen molar-refractivity contribution in [3.63, 3.8) is 0 Å². The van der Waals surface area contributed by atoms with E-state index in [2.05, 4.69) is 43.1 Å². The van der Waals surface area contributed by atoms with Gasteiger partial charge >= 0.3 is 0 Å². The van der Waals surface area contributed by atoms with E-state index in [1.54, 1.807) is 0 Å². The molecule has 0 fully saturated rings. The number of nitrogens with one attached hydrogen (secondary N) is 1. The van der Waals surface area contributed by atoms with Gasteiger partial charge < -0.3 is 9.88 Å². The number of rotatable bonds is 5. The van der Waals surface area contributed by atoms with Crippen molar-refractivity contribution in [1.82, 2.24) is 9.47 Å². The zero-order valence-electron chi connectivity index (χ0n) is 12.7. The molecule has 4 heteroatoms. The molecule has 0 spiro atoms. The van der Waals surface area contributed by atoms with E-state index in [0.29, 0.717) is 6.54 Å². The zero-order valence-corrected chi connectivity index (χ0v) is 12.7. The summed E-state index contributed by atoms with van der Waals surface area (Å²) in [4.78, 5) is 14.3. The molecule has 4 nitrogen and oxygen atoms in total. The highest BCUT2D eigenvalue weighted by atomic mass is 16.2. The molecule has 0 radical (unpaired) electrons. The van der Waals surface area contributed by atoms with E-state index in [1.165, 1.54) is 5.39 Å². The lowest BCUT2D eigenvalue weighted by Gasteiger charge is -2.17. The van der Waals surface area contributed by atoms with Crippen molar-refractivity contribution in [2.24, 2.45) is 7.05 Å². The van der Waals surface area contributed by atoms with Crippen molar-refractivity contribution < 1.29 is 4.79 Å². The van der Waals surface area contributed by atoms with Crippen LogP contribution in [-0.2, 0) is 11.8 Å². The number of anilines is 1. The van der Waals surface area contributed by atoms with Crippen LogP contribution in [-0.4, -0.2) is 35.0 Å². The van der Waals surface area contributed by atoms with E-state index in [0.717, 1.165) is 30.0 Å². The number of benzene rings is 1. The van der Waals surface area contributed by atoms with Crippen molar-refractivity contribution in [2.75, 3.05) is 25.0 Å². The highest BCUT2D eigenvalue weighted by Gasteiger charge is 2.14. The Bertz CT molecular complexity index is 572. The van der Waals surface area contributed by atoms with E-state index >= 15 is 0 Å². The minimum Gasteiger partial charge on any atom is -0.330 e. The van der Waals surface area contributed by atoms with Crippen LogP contribution in [0.3, 0.4) is 0 Å². The Morgan fingerprint density at radius 1 is 1.25 bits per heavy atom. The molecule has 1 heterocycles. The van der Waals surface area contributed by atoms with Crippen LogP contribution < -0.4 is 5.32 Å². The maximum Gasteiger partial charge on any atom is 0.239 e. The summed E-state index contributed by atoms with van der Waals surface area (Å²) in [6.45, 7) is 8.40. The first-order valence-electron chi connectivity index (χ1n) is 7.14. The monoisotopic (exact) mass is 273 g/mol. The van der Waals surface area contributed by atoms with Crippen LogP contribution in [0.2, 0.25) is 0 Å². The van der Waals surface area contributed by atoms with Crippen LogP contribution >= 0.6 is 0 Å². The van der Waals surface area contributed by atoms with E-state index in [-0.39, 0.29) is 5.91 Å². The molecular weight excluding hydrogens is 250 g/mol. The molecule has 0 aliphatic carbocycles. The highest BCUT2D eigenvalue weighted by Crippen LogP contribution is 2.28. The van der Waals surface area contributed by atoms with Gasteiger partial charge in [0, 0.05) is 18.0 Å². The van der Waals surface area contributed by atoms with E-state index < -0.39 is 0 Å². The van der Waals surface area contributed by atoms with Gasteiger partial charge in [-0.05, 0) is 31.6 Å². The van der Waals surface area contributed by atoms with Crippen LogP contribution in [0.1, 0.15) is 19.4 Å². The molecule has 0 unspecified atom stereocenters. The predicted octanol–water partition coefficient (Wildman–Crippen LogP) is 2.77. The van der Waals surface area contributed by atoms with E-state index in [4.69, 9.17) is 0 Å². The number of hydrogen-bond donors (Lipinski definition) is 1. The molecule has 1 aromatic heterocycles. The van der Waals surface area contributed by atoms with Gasteiger partial charge in [0.25, 0.3) is 0 Å². The van der Waals surface area contributed by atoms with Gasteiger partial charge in [-0.25, -0.2) is 0 Å². The van der Waals surface area contributed by atoms with Crippen molar-refractivity contribution in [3.8, 4) is 0 Å². The van der Waals surface area contributed by atoms with Gasteiger partial charge in [-0.15, -0.1) is 0 Å². The number of amides is 1. The second-order valence-corrected chi connectivity index (χ2v) is 5.06. The molecule has 1 N–H and O–H groups in total. The fourth-order valence-electron chi connectivity index (χ4n) is 2.58. The average molecular weight is 273 g/mol. The standard InChI is InChI=1S/C16H23N3O/c1-5-19(6-2)11-15(20)17-16-12(3)13-9-7-8-10-14(13)18(16)4/h7-10H,5-6,11H2,1-4H3,(H,17,20). The van der Waals surface area contributed by atoms with Crippen LogP contribution in [0.15, 0.2) is 24.3 Å². The van der Waals surface area contributed by atoms with Crippen molar-refractivity contribution in [3.05, 3.63) is 29.8 Å². The molecule has 0 saturated carbocycles. The Morgan fingerprint density at radius 2 is 1.90 bits per heavy atom. The number of likely N-dealkylation sites (N-methyl/N-ethyl adjacent to an activating group) is 1. The Labute approximate surface area is 120 Å². The third-order valence-electron chi connectivity index (χ3n) is 3.88. The molecule has 1 aromatic carbocycles. The number of aryl methyl sites for hydroxylation is 2. The molecule has 20 heavy (non-hydrogen) atoms. The van der Waals surface area contributed by atoms with Crippen molar-refractivity contribution in [1.29, 1.82) is 0 Å². The number of aromatic nitrogens is 1. The first-order chi connectivity index (χ1) is 9.58. The summed E-state index contributed by atoms with van der Waals surface area (Å²) in [7, 11) is 1.99. The topological polar surface area (TPSA) is 37.3 Å². The number of carbonyl (C=O) groups is 1. The largest absolute Gasteiger partial charge is 0.330 e. The number of hydrogen-bond acceptors (Lipinski definition) is 2. The summed E-state index contributed by atoms with van der Waals surface area (Å²) in [5.41, 5.74) is 2.26. The molecular formula is C16H23N3O. The third kappa shape index (κ3) is 2.70. The van der Waals surface area contributed by atoms with Gasteiger partial charge in [0.1, 0.15) is 5.82 Å². The van der Waals surface area contributed by atoms with Crippen molar-refractivity contribution in [2.45, 2.75) is 20.8 Å². The van der Waals surface area contributed by atoms with Crippen LogP contribution in [0.25, 0.3) is 10.9 Å². The maximum absolute atomic E-state index is 12.2. The summed E-state index contributed by atoms with van der Waals surface area (Å²) in [6, 6.07) is 8.20. The number of carbonyl (C=O) groups excluding carboxylic acids is 1. The molecule has 0 atom stereocenters. The lowest BCUT2D eigenvalue weighted by atomic mass is 10.2. The Balaban J connectivity index is 2.24. The molecule has 0 bridgehead atoms. The summed E-state index contributed by atoms with van der Waals surface area (Å²) in [5, 5.41) is 4.24. The summed E-state index contributed by atoms with van der Waals surface area (Å²) in [6.07, 6.45) is 0. The van der Waals surface area contributed by atoms with Crippen LogP contribution in [0.4, 0.5) is 5.82 Å². The minimum absolute atomic E-state index is 0.0442. The molecule has 0 saturated heterocycles. The predicted molar refractivity (Wildman–Crippen MR) is 84.1 cm³/mol. The first kappa shape index (κ1) is 14.6. The first-order valence-corrected chi connectivity index (χ1v) is 7.14. The van der Waals surface area contributed by atoms with Gasteiger partial charge in [0.15, 0.2) is 0 Å². The smallest absolute Gasteiger partial charge is 0.239 e. The summed E-state index contributed by atoms with van der Waals surface area (Å²) < 4.78 is 2.05. The maximum atomic E-state index is 12.2. The number of nitrogens with zero attached hydrogens (tertiary/aromatic N) is 2. The fraction of sp³-hybridized carbons (Fsp3) is 0.438. The summed E-state index contributed by atoms with van der Waals surface area (Å²) >= 11 is 0. The summed E-state index contributed by atoms with van der Waals surface area (Å²) in [5.74, 6) is 0.936. The van der Waals surface area contributed by atoms with E-state index in [1.807, 2.05) is 23.7 Å². The highest BCUT2D eigenvalue weighted by molar-refractivity contribution is 5.98. The molecule has 1 amide bonds. The number of para-hydroxylation sites is 1. The van der Waals surface area contributed by atoms with Gasteiger partial charge in [-0.1, -0.05) is 32.0 Å². The molecule has 0 aliphatic heterocycles. The molecule has 0 aliphatic rings. The molecule has 2 rings (SSSR count). The van der Waals surface area contributed by atoms with Gasteiger partial charge in [-0.3, -0.25) is 9.69 Å². The molecule has 108 valence electrons. The third-order valence-corrected chi connectivity index (χ3v) is 3.88. The van der Waals surface area contributed by atoms with Gasteiger partial charge in [0.05, 0.1) is 6.54 Å². The quantitative estimate of drug-likeness (QED) is 0.909. The van der Waals surface area contributed by atoms with Gasteiger partial charge in [-0.2, -0.15) is 0 Å². The zero-order chi connectivity index (χ0) is 14.7. The average Bonchev–Trinajstić information content (AvgIpc) is 2.70. The SMILES string of the molecule is CCN(CC)CC(=O)Nc1c(C)c2ccccc2n1C. The Morgan fingerprint density at radius 3 is 2.50 bits per heavy atom. The lowest BCUT2D eigenvalue weighted by molar-refractivity contribution is -0.117. The Kier molecular flexibility index (Phi) is 4.45.